The number of hydrogen-bond acceptors (Lipinski definition) is 2. The third kappa shape index (κ3) is 8.67. The molecule has 0 radical (unpaired) electrons. The first-order valence-corrected chi connectivity index (χ1v) is 7.10. The molecular weight excluding hydrogens is 226 g/mol. The van der Waals surface area contributed by atoms with Gasteiger partial charge >= 0.3 is 0 Å². The van der Waals surface area contributed by atoms with Crippen LogP contribution in [-0.4, -0.2) is 18.1 Å². The van der Waals surface area contributed by atoms with Crippen LogP contribution in [0.3, 0.4) is 0 Å². The van der Waals surface area contributed by atoms with Crippen molar-refractivity contribution in [3.8, 4) is 0 Å². The molecule has 0 saturated heterocycles. The van der Waals surface area contributed by atoms with Gasteiger partial charge in [0.1, 0.15) is 5.84 Å². The first-order valence-electron chi connectivity index (χ1n) is 2.36. The van der Waals surface area contributed by atoms with Crippen LogP contribution in [0.2, 0.25) is 0 Å². The lowest BCUT2D eigenvalue weighted by Gasteiger charge is -1.98. The van der Waals surface area contributed by atoms with Crippen molar-refractivity contribution < 1.29 is 9.36 Å². The Hall–Kier alpha value is 0.670. The summed E-state index contributed by atoms with van der Waals surface area (Å²) in [6, 6.07) is 0. The smallest absolute Gasteiger partial charge is 0.222 e. The minimum Gasteiger partial charge on any atom is -0.312 e. The molecule has 0 aromatic carbocycles. The van der Waals surface area contributed by atoms with Gasteiger partial charge in [0, 0.05) is 12.6 Å². The second-order valence-corrected chi connectivity index (χ2v) is 9.16. The molecule has 0 rings (SSSR count). The van der Waals surface area contributed by atoms with Crippen LogP contribution in [0, 0.1) is 0 Å². The van der Waals surface area contributed by atoms with E-state index in [9.17, 15) is 9.36 Å². The highest BCUT2D eigenvalue weighted by molar-refractivity contribution is 9.40. The highest BCUT2D eigenvalue weighted by Gasteiger charge is 2.10. The molecule has 1 atom stereocenters. The monoisotopic (exact) mass is 232 g/mol. The maximum atomic E-state index is 10.8. The summed E-state index contributed by atoms with van der Waals surface area (Å²) in [6.07, 6.45) is 0.524. The predicted octanol–water partition coefficient (Wildman–Crippen LogP) is 2.44. The molecule has 0 aliphatic rings. The zero-order chi connectivity index (χ0) is 7.49. The van der Waals surface area contributed by atoms with Gasteiger partial charge in [0.2, 0.25) is 5.24 Å². The van der Waals surface area contributed by atoms with Gasteiger partial charge in [-0.3, -0.25) is 4.79 Å². The van der Waals surface area contributed by atoms with Gasteiger partial charge < -0.3 is 4.57 Å². The number of halogens is 2. The predicted molar refractivity (Wildman–Crippen MR) is 42.8 cm³/mol. The molecule has 54 valence electrons. The summed E-state index contributed by atoms with van der Waals surface area (Å²) in [5.41, 5.74) is 0. The lowest BCUT2D eigenvalue weighted by Crippen LogP contribution is -1.89. The van der Waals surface area contributed by atoms with Gasteiger partial charge in [0.25, 0.3) is 0 Å². The van der Waals surface area contributed by atoms with E-state index < -0.39 is 11.1 Å². The lowest BCUT2D eigenvalue weighted by molar-refractivity contribution is -0.111. The highest BCUT2D eigenvalue weighted by atomic mass is 79.9. The Morgan fingerprint density at radius 1 is 1.78 bits per heavy atom. The number of hydrogen-bond donors (Lipinski definition) is 0. The molecule has 0 bridgehead atoms. The summed E-state index contributed by atoms with van der Waals surface area (Å²) in [6.45, 7) is 1.56. The van der Waals surface area contributed by atoms with Crippen molar-refractivity contribution in [2.75, 3.05) is 12.8 Å². The number of rotatable bonds is 3. The van der Waals surface area contributed by atoms with E-state index in [2.05, 4.69) is 15.5 Å². The van der Waals surface area contributed by atoms with E-state index in [1.54, 1.807) is 6.66 Å². The molecule has 0 amide bonds. The normalized spacial score (nSPS) is 16.8. The van der Waals surface area contributed by atoms with E-state index in [1.165, 1.54) is 0 Å². The molecule has 0 spiro atoms. The minimum absolute atomic E-state index is 0.181. The van der Waals surface area contributed by atoms with Crippen LogP contribution in [0.4, 0.5) is 0 Å². The van der Waals surface area contributed by atoms with Crippen LogP contribution < -0.4 is 0 Å². The molecule has 0 aliphatic carbocycles. The van der Waals surface area contributed by atoms with E-state index >= 15 is 0 Å². The molecule has 0 N–H and O–H groups in total. The summed E-state index contributed by atoms with van der Waals surface area (Å²) in [4.78, 5) is 10.1. The molecule has 5 heteroatoms. The fourth-order valence-electron chi connectivity index (χ4n) is 0.288. The topological polar surface area (TPSA) is 34.1 Å². The Labute approximate surface area is 67.1 Å². The van der Waals surface area contributed by atoms with Crippen LogP contribution in [-0.2, 0) is 9.36 Å². The van der Waals surface area contributed by atoms with Gasteiger partial charge in [-0.05, 0) is 33.8 Å². The first-order chi connectivity index (χ1) is 3.92. The second kappa shape index (κ2) is 3.75. The van der Waals surface area contributed by atoms with E-state index in [-0.39, 0.29) is 6.42 Å². The standard InChI is InChI=1S/C4H7BrClO2P/c1-9(5,8)3-2-4(6)7/h2-3H2,1H3. The van der Waals surface area contributed by atoms with Gasteiger partial charge in [-0.15, -0.1) is 0 Å². The third-order valence-electron chi connectivity index (χ3n) is 0.708. The van der Waals surface area contributed by atoms with Crippen LogP contribution >= 0.6 is 32.9 Å². The first kappa shape index (κ1) is 9.67. The molecule has 0 aliphatic heterocycles. The van der Waals surface area contributed by atoms with Crippen LogP contribution in [0.1, 0.15) is 6.42 Å². The van der Waals surface area contributed by atoms with Crippen molar-refractivity contribution in [3.63, 3.8) is 0 Å². The van der Waals surface area contributed by atoms with Crippen molar-refractivity contribution in [2.45, 2.75) is 6.42 Å². The fraction of sp³-hybridized carbons (Fsp3) is 0.750. The van der Waals surface area contributed by atoms with Gasteiger partial charge in [0.15, 0.2) is 0 Å². The molecule has 0 aromatic heterocycles. The Bertz CT molecular complexity index is 153. The minimum atomic E-state index is -2.21. The maximum Gasteiger partial charge on any atom is 0.222 e. The zero-order valence-corrected chi connectivity index (χ0v) is 8.17. The Morgan fingerprint density at radius 3 is 2.33 bits per heavy atom. The molecule has 0 saturated carbocycles. The molecule has 0 aromatic rings. The molecular formula is C4H7BrClO2P. The Kier molecular flexibility index (Phi) is 4.02. The van der Waals surface area contributed by atoms with Crippen LogP contribution in [0.15, 0.2) is 0 Å². The quantitative estimate of drug-likeness (QED) is 0.554. The average molecular weight is 233 g/mol. The third-order valence-corrected chi connectivity index (χ3v) is 2.98. The second-order valence-electron chi connectivity index (χ2n) is 1.81. The van der Waals surface area contributed by atoms with Gasteiger partial charge in [-0.1, -0.05) is 0 Å². The zero-order valence-electron chi connectivity index (χ0n) is 4.93. The van der Waals surface area contributed by atoms with Crippen molar-refractivity contribution in [1.29, 1.82) is 0 Å². The van der Waals surface area contributed by atoms with Crippen LogP contribution in [0.25, 0.3) is 0 Å². The molecule has 1 unspecified atom stereocenters. The summed E-state index contributed by atoms with van der Waals surface area (Å²) in [5.74, 6) is -2.21. The van der Waals surface area contributed by atoms with Crippen molar-refractivity contribution in [1.82, 2.24) is 0 Å². The summed E-state index contributed by atoms with van der Waals surface area (Å²) >= 11 is 7.95. The largest absolute Gasteiger partial charge is 0.312 e. The van der Waals surface area contributed by atoms with Gasteiger partial charge in [-0.2, -0.15) is 0 Å². The summed E-state index contributed by atoms with van der Waals surface area (Å²) in [5, 5.41) is -0.434. The summed E-state index contributed by atoms with van der Waals surface area (Å²) < 4.78 is 10.8. The van der Waals surface area contributed by atoms with Crippen molar-refractivity contribution in [2.24, 2.45) is 0 Å². The maximum absolute atomic E-state index is 10.8. The van der Waals surface area contributed by atoms with Crippen molar-refractivity contribution >= 4 is 38.2 Å². The highest BCUT2D eigenvalue weighted by Crippen LogP contribution is 2.50. The molecule has 0 fully saturated rings. The molecule has 9 heavy (non-hydrogen) atoms. The summed E-state index contributed by atoms with van der Waals surface area (Å²) in [7, 11) is 0. The van der Waals surface area contributed by atoms with Crippen molar-refractivity contribution in [3.05, 3.63) is 0 Å². The molecule has 0 heterocycles. The van der Waals surface area contributed by atoms with Gasteiger partial charge in [0.05, 0.1) is 0 Å². The Morgan fingerprint density at radius 2 is 2.22 bits per heavy atom. The van der Waals surface area contributed by atoms with E-state index in [1.807, 2.05) is 0 Å². The van der Waals surface area contributed by atoms with Crippen LogP contribution in [0.5, 0.6) is 0 Å². The Balaban J connectivity index is 3.53. The number of carbonyl (C=O) groups excluding carboxylic acids is 1. The van der Waals surface area contributed by atoms with E-state index in [0.29, 0.717) is 6.16 Å². The fourth-order valence-corrected chi connectivity index (χ4v) is 1.65. The van der Waals surface area contributed by atoms with Gasteiger partial charge in [-0.25, -0.2) is 0 Å². The SMILES string of the molecule is CP(=O)(Br)CCC(=O)Cl. The van der Waals surface area contributed by atoms with E-state index in [0.717, 1.165) is 0 Å². The molecule has 2 nitrogen and oxygen atoms in total. The number of carbonyl (C=O) groups is 1. The average Bonchev–Trinajstić information content (AvgIpc) is 1.59. The van der Waals surface area contributed by atoms with E-state index in [4.69, 9.17) is 11.6 Å². The lowest BCUT2D eigenvalue weighted by atomic mass is 10.6.